The maximum atomic E-state index is 11.8. The number of amides is 1. The molecule has 1 amide bonds. The third-order valence-electron chi connectivity index (χ3n) is 3.21. The molecule has 0 aliphatic heterocycles. The number of carbonyl (C=O) groups is 1. The molecule has 118 valence electrons. The normalized spacial score (nSPS) is 9.65. The van der Waals surface area contributed by atoms with Crippen molar-refractivity contribution in [2.45, 2.75) is 6.42 Å². The molecule has 4 heteroatoms. The minimum absolute atomic E-state index is 0.0696. The van der Waals surface area contributed by atoms with Gasteiger partial charge in [-0.05, 0) is 55.0 Å². The zero-order chi connectivity index (χ0) is 16.5. The Morgan fingerprint density at radius 2 is 1.61 bits per heavy atom. The number of nitrogens with one attached hydrogen (secondary N) is 1. The number of methoxy groups -OCH3 is 1. The number of ether oxygens (including phenoxy) is 1. The number of hydrogen-bond donors (Lipinski definition) is 2. The van der Waals surface area contributed by atoms with Crippen molar-refractivity contribution in [3.63, 3.8) is 0 Å². The lowest BCUT2D eigenvalue weighted by Gasteiger charge is -2.03. The van der Waals surface area contributed by atoms with Crippen molar-refractivity contribution in [3.05, 3.63) is 65.2 Å². The Morgan fingerprint density at radius 1 is 1.04 bits per heavy atom. The number of benzene rings is 2. The van der Waals surface area contributed by atoms with Gasteiger partial charge in [0.1, 0.15) is 5.75 Å². The first-order valence-corrected chi connectivity index (χ1v) is 7.38. The second-order valence-electron chi connectivity index (χ2n) is 4.89. The first-order valence-electron chi connectivity index (χ1n) is 7.38. The molecule has 0 aliphatic rings. The van der Waals surface area contributed by atoms with Crippen LogP contribution in [0, 0.1) is 11.8 Å². The molecule has 0 unspecified atom stereocenters. The van der Waals surface area contributed by atoms with Gasteiger partial charge in [0.15, 0.2) is 0 Å². The molecule has 0 bridgehead atoms. The maximum Gasteiger partial charge on any atom is 0.251 e. The lowest BCUT2D eigenvalue weighted by Crippen LogP contribution is -2.24. The van der Waals surface area contributed by atoms with E-state index in [2.05, 4.69) is 17.2 Å². The van der Waals surface area contributed by atoms with Crippen LogP contribution in [0.5, 0.6) is 5.75 Å². The van der Waals surface area contributed by atoms with E-state index < -0.39 is 0 Å². The van der Waals surface area contributed by atoms with Crippen LogP contribution in [0.1, 0.15) is 27.9 Å². The first kappa shape index (κ1) is 16.6. The van der Waals surface area contributed by atoms with E-state index in [9.17, 15) is 4.79 Å². The second kappa shape index (κ2) is 8.62. The molecule has 0 saturated carbocycles. The van der Waals surface area contributed by atoms with Crippen LogP contribution >= 0.6 is 0 Å². The highest BCUT2D eigenvalue weighted by atomic mass is 16.5. The van der Waals surface area contributed by atoms with Crippen LogP contribution in [0.15, 0.2) is 48.5 Å². The third-order valence-corrected chi connectivity index (χ3v) is 3.21. The maximum absolute atomic E-state index is 11.8. The standard InChI is InChI=1S/C19H19NO3/c1-23-18-11-7-16(8-12-18)4-3-15-5-9-17(10-6-15)19(22)20-13-2-14-21/h5-12,21H,2,13-14H2,1H3,(H,20,22). The fraction of sp³-hybridized carbons (Fsp3) is 0.211. The summed E-state index contributed by atoms with van der Waals surface area (Å²) in [6.07, 6.45) is 0.553. The van der Waals surface area contributed by atoms with Gasteiger partial charge in [-0.15, -0.1) is 0 Å². The lowest BCUT2D eigenvalue weighted by molar-refractivity contribution is 0.0951. The van der Waals surface area contributed by atoms with Crippen LogP contribution in [-0.4, -0.2) is 31.3 Å². The van der Waals surface area contributed by atoms with E-state index in [1.807, 2.05) is 36.4 Å². The fourth-order valence-corrected chi connectivity index (χ4v) is 1.91. The highest BCUT2D eigenvalue weighted by Crippen LogP contribution is 2.10. The fourth-order valence-electron chi connectivity index (χ4n) is 1.91. The largest absolute Gasteiger partial charge is 0.497 e. The molecular formula is C19H19NO3. The first-order chi connectivity index (χ1) is 11.2. The van der Waals surface area contributed by atoms with Gasteiger partial charge in [-0.25, -0.2) is 0 Å². The predicted octanol–water partition coefficient (Wildman–Crippen LogP) is 2.21. The van der Waals surface area contributed by atoms with Crippen molar-refractivity contribution >= 4 is 5.91 Å². The minimum Gasteiger partial charge on any atom is -0.497 e. The second-order valence-corrected chi connectivity index (χ2v) is 4.89. The number of hydrogen-bond acceptors (Lipinski definition) is 3. The van der Waals surface area contributed by atoms with Crippen LogP contribution in [0.3, 0.4) is 0 Å². The monoisotopic (exact) mass is 309 g/mol. The van der Waals surface area contributed by atoms with E-state index in [0.29, 0.717) is 18.5 Å². The van der Waals surface area contributed by atoms with Crippen molar-refractivity contribution in [2.24, 2.45) is 0 Å². The Bertz CT molecular complexity index is 694. The number of carbonyl (C=O) groups excluding carboxylic acids is 1. The molecule has 0 heterocycles. The number of aliphatic hydroxyl groups is 1. The molecule has 2 aromatic rings. The van der Waals surface area contributed by atoms with Crippen molar-refractivity contribution in [3.8, 4) is 17.6 Å². The molecule has 0 atom stereocenters. The van der Waals surface area contributed by atoms with Crippen molar-refractivity contribution in [1.29, 1.82) is 0 Å². The summed E-state index contributed by atoms with van der Waals surface area (Å²) >= 11 is 0. The Kier molecular flexibility index (Phi) is 6.22. The van der Waals surface area contributed by atoms with Gasteiger partial charge in [-0.1, -0.05) is 11.8 Å². The average Bonchev–Trinajstić information content (AvgIpc) is 2.61. The van der Waals surface area contributed by atoms with Gasteiger partial charge in [0.05, 0.1) is 7.11 Å². The summed E-state index contributed by atoms with van der Waals surface area (Å²) in [6.45, 7) is 0.536. The summed E-state index contributed by atoms with van der Waals surface area (Å²) in [5.74, 6) is 6.78. The molecule has 0 spiro atoms. The summed E-state index contributed by atoms with van der Waals surface area (Å²) in [4.78, 5) is 11.8. The zero-order valence-corrected chi connectivity index (χ0v) is 13.0. The number of aliphatic hydroxyl groups excluding tert-OH is 1. The predicted molar refractivity (Wildman–Crippen MR) is 89.5 cm³/mol. The van der Waals surface area contributed by atoms with E-state index in [0.717, 1.165) is 16.9 Å². The molecule has 0 aromatic heterocycles. The molecule has 23 heavy (non-hydrogen) atoms. The van der Waals surface area contributed by atoms with Gasteiger partial charge in [0.25, 0.3) is 5.91 Å². The molecule has 0 aliphatic carbocycles. The SMILES string of the molecule is COc1ccc(C#Cc2ccc(C(=O)NCCCO)cc2)cc1. The molecule has 0 radical (unpaired) electrons. The van der Waals surface area contributed by atoms with Crippen LogP contribution < -0.4 is 10.1 Å². The summed E-state index contributed by atoms with van der Waals surface area (Å²) in [7, 11) is 1.63. The summed E-state index contributed by atoms with van der Waals surface area (Å²) in [5.41, 5.74) is 2.32. The highest BCUT2D eigenvalue weighted by Gasteiger charge is 2.03. The zero-order valence-electron chi connectivity index (χ0n) is 13.0. The Hall–Kier alpha value is -2.77. The van der Waals surface area contributed by atoms with Crippen LogP contribution in [0.2, 0.25) is 0 Å². The van der Waals surface area contributed by atoms with Gasteiger partial charge < -0.3 is 15.2 Å². The lowest BCUT2D eigenvalue weighted by atomic mass is 10.1. The quantitative estimate of drug-likeness (QED) is 0.657. The molecule has 2 rings (SSSR count). The van der Waals surface area contributed by atoms with Crippen LogP contribution in [0.25, 0.3) is 0 Å². The van der Waals surface area contributed by atoms with Gasteiger partial charge >= 0.3 is 0 Å². The van der Waals surface area contributed by atoms with E-state index in [1.165, 1.54) is 0 Å². The highest BCUT2D eigenvalue weighted by molar-refractivity contribution is 5.94. The van der Waals surface area contributed by atoms with Crippen molar-refractivity contribution in [1.82, 2.24) is 5.32 Å². The van der Waals surface area contributed by atoms with E-state index in [1.54, 1.807) is 19.2 Å². The number of rotatable bonds is 5. The van der Waals surface area contributed by atoms with Gasteiger partial charge in [0, 0.05) is 29.8 Å². The van der Waals surface area contributed by atoms with Crippen LogP contribution in [-0.2, 0) is 0 Å². The summed E-state index contributed by atoms with van der Waals surface area (Å²) in [5, 5.41) is 11.4. The third kappa shape index (κ3) is 5.17. The summed E-state index contributed by atoms with van der Waals surface area (Å²) in [6, 6.07) is 14.6. The van der Waals surface area contributed by atoms with Gasteiger partial charge in [-0.2, -0.15) is 0 Å². The van der Waals surface area contributed by atoms with E-state index >= 15 is 0 Å². The van der Waals surface area contributed by atoms with E-state index in [4.69, 9.17) is 9.84 Å². The smallest absolute Gasteiger partial charge is 0.251 e. The Balaban J connectivity index is 1.99. The topological polar surface area (TPSA) is 58.6 Å². The molecule has 0 saturated heterocycles. The van der Waals surface area contributed by atoms with Crippen LogP contribution in [0.4, 0.5) is 0 Å². The van der Waals surface area contributed by atoms with Crippen molar-refractivity contribution < 1.29 is 14.6 Å². The van der Waals surface area contributed by atoms with Gasteiger partial charge in [-0.3, -0.25) is 4.79 Å². The molecule has 2 aromatic carbocycles. The van der Waals surface area contributed by atoms with E-state index in [-0.39, 0.29) is 12.5 Å². The Morgan fingerprint density at radius 3 is 2.13 bits per heavy atom. The summed E-state index contributed by atoms with van der Waals surface area (Å²) < 4.78 is 5.10. The van der Waals surface area contributed by atoms with Crippen molar-refractivity contribution in [2.75, 3.05) is 20.3 Å². The minimum atomic E-state index is -0.145. The molecule has 0 fully saturated rings. The Labute approximate surface area is 136 Å². The average molecular weight is 309 g/mol. The molecule has 2 N–H and O–H groups in total. The molecular weight excluding hydrogens is 290 g/mol. The van der Waals surface area contributed by atoms with Gasteiger partial charge in [0.2, 0.25) is 0 Å². The molecule has 4 nitrogen and oxygen atoms in total.